The number of benzene rings is 1. The van der Waals surface area contributed by atoms with Crippen LogP contribution in [0.15, 0.2) is 42.7 Å². The van der Waals surface area contributed by atoms with E-state index >= 15 is 0 Å². The quantitative estimate of drug-likeness (QED) is 0.832. The summed E-state index contributed by atoms with van der Waals surface area (Å²) >= 11 is 12.4. The van der Waals surface area contributed by atoms with Gasteiger partial charge in [0.2, 0.25) is 5.91 Å². The molecule has 3 nitrogen and oxygen atoms in total. The molecule has 2 aromatic rings. The van der Waals surface area contributed by atoms with E-state index in [1.807, 2.05) is 25.2 Å². The smallest absolute Gasteiger partial charge is 0.226 e. The Morgan fingerprint density at radius 1 is 1.32 bits per heavy atom. The fourth-order valence-corrected chi connectivity index (χ4v) is 3.13. The van der Waals surface area contributed by atoms with Gasteiger partial charge in [-0.15, -0.1) is 0 Å². The molecule has 5 heteroatoms. The van der Waals surface area contributed by atoms with E-state index in [2.05, 4.69) is 4.98 Å². The number of hydrogen-bond donors (Lipinski definition) is 0. The van der Waals surface area contributed by atoms with Gasteiger partial charge < -0.3 is 4.90 Å². The van der Waals surface area contributed by atoms with Crippen molar-refractivity contribution in [1.29, 1.82) is 0 Å². The number of pyridine rings is 1. The Kier molecular flexibility index (Phi) is 4.37. The summed E-state index contributed by atoms with van der Waals surface area (Å²) in [6.45, 7) is 0. The molecule has 3 rings (SSSR count). The van der Waals surface area contributed by atoms with E-state index in [1.165, 1.54) is 0 Å². The third-order valence-corrected chi connectivity index (χ3v) is 4.48. The SMILES string of the molecule is CN(C(=O)C1CC1)[C@@H](c1cccnc1)c1ccc(Cl)cc1Cl. The average molecular weight is 335 g/mol. The van der Waals surface area contributed by atoms with Crippen LogP contribution < -0.4 is 0 Å². The van der Waals surface area contributed by atoms with Gasteiger partial charge in [-0.2, -0.15) is 0 Å². The van der Waals surface area contributed by atoms with Crippen molar-refractivity contribution in [2.75, 3.05) is 7.05 Å². The van der Waals surface area contributed by atoms with Crippen molar-refractivity contribution in [3.63, 3.8) is 0 Å². The minimum absolute atomic E-state index is 0.148. The van der Waals surface area contributed by atoms with Crippen LogP contribution in [0.1, 0.15) is 30.0 Å². The van der Waals surface area contributed by atoms with Crippen LogP contribution >= 0.6 is 23.2 Å². The number of amides is 1. The van der Waals surface area contributed by atoms with Gasteiger partial charge in [0.15, 0.2) is 0 Å². The fraction of sp³-hybridized carbons (Fsp3) is 0.294. The summed E-state index contributed by atoms with van der Waals surface area (Å²) in [6.07, 6.45) is 5.42. The lowest BCUT2D eigenvalue weighted by Crippen LogP contribution is -2.33. The van der Waals surface area contributed by atoms with E-state index < -0.39 is 0 Å². The molecule has 0 saturated heterocycles. The van der Waals surface area contributed by atoms with Crippen LogP contribution in [0.3, 0.4) is 0 Å². The highest BCUT2D eigenvalue weighted by atomic mass is 35.5. The van der Waals surface area contributed by atoms with E-state index in [4.69, 9.17) is 23.2 Å². The van der Waals surface area contributed by atoms with Crippen LogP contribution in [0.25, 0.3) is 0 Å². The number of carbonyl (C=O) groups excluding carboxylic acids is 1. The first-order valence-electron chi connectivity index (χ1n) is 7.19. The molecule has 1 aromatic heterocycles. The van der Waals surface area contributed by atoms with E-state index in [1.54, 1.807) is 29.4 Å². The first-order chi connectivity index (χ1) is 10.6. The van der Waals surface area contributed by atoms with Crippen molar-refractivity contribution in [2.45, 2.75) is 18.9 Å². The summed E-state index contributed by atoms with van der Waals surface area (Å²) in [5.74, 6) is 0.301. The van der Waals surface area contributed by atoms with Crippen LogP contribution in [0.4, 0.5) is 0 Å². The highest BCUT2D eigenvalue weighted by Crippen LogP contribution is 2.38. The standard InChI is InChI=1S/C17H16Cl2N2O/c1-21(17(22)11-4-5-11)16(12-3-2-8-20-10-12)14-7-6-13(18)9-15(14)19/h2-3,6-11,16H,4-5H2,1H3/t16-/m0/s1. The summed E-state index contributed by atoms with van der Waals surface area (Å²) in [5, 5.41) is 1.13. The van der Waals surface area contributed by atoms with Gasteiger partial charge in [-0.25, -0.2) is 0 Å². The summed E-state index contributed by atoms with van der Waals surface area (Å²) in [5.41, 5.74) is 1.79. The topological polar surface area (TPSA) is 33.2 Å². The molecule has 1 aliphatic rings. The number of hydrogen-bond acceptors (Lipinski definition) is 2. The summed E-state index contributed by atoms with van der Waals surface area (Å²) in [4.78, 5) is 18.4. The zero-order chi connectivity index (χ0) is 15.7. The Labute approximate surface area is 139 Å². The third kappa shape index (κ3) is 3.11. The van der Waals surface area contributed by atoms with E-state index in [0.717, 1.165) is 24.0 Å². The van der Waals surface area contributed by atoms with Gasteiger partial charge in [0.05, 0.1) is 6.04 Å². The Morgan fingerprint density at radius 2 is 2.09 bits per heavy atom. The van der Waals surface area contributed by atoms with Crippen LogP contribution in [-0.4, -0.2) is 22.8 Å². The average Bonchev–Trinajstić information content (AvgIpc) is 3.34. The first-order valence-corrected chi connectivity index (χ1v) is 7.95. The molecule has 22 heavy (non-hydrogen) atoms. The first kappa shape index (κ1) is 15.3. The highest BCUT2D eigenvalue weighted by Gasteiger charge is 2.36. The molecule has 1 fully saturated rings. The van der Waals surface area contributed by atoms with Crippen LogP contribution in [0, 0.1) is 5.92 Å². The van der Waals surface area contributed by atoms with Crippen molar-refractivity contribution < 1.29 is 4.79 Å². The lowest BCUT2D eigenvalue weighted by atomic mass is 9.98. The van der Waals surface area contributed by atoms with Crippen molar-refractivity contribution in [3.05, 3.63) is 63.9 Å². The molecule has 0 spiro atoms. The number of carbonyl (C=O) groups is 1. The second-order valence-corrected chi connectivity index (χ2v) is 6.42. The van der Waals surface area contributed by atoms with Gasteiger partial charge in [-0.05, 0) is 42.2 Å². The van der Waals surface area contributed by atoms with E-state index in [-0.39, 0.29) is 17.9 Å². The summed E-state index contributed by atoms with van der Waals surface area (Å²) < 4.78 is 0. The number of halogens is 2. The van der Waals surface area contributed by atoms with Crippen molar-refractivity contribution in [3.8, 4) is 0 Å². The second kappa shape index (κ2) is 6.27. The van der Waals surface area contributed by atoms with E-state index in [0.29, 0.717) is 10.0 Å². The largest absolute Gasteiger partial charge is 0.334 e. The zero-order valence-electron chi connectivity index (χ0n) is 12.2. The second-order valence-electron chi connectivity index (χ2n) is 5.58. The lowest BCUT2D eigenvalue weighted by molar-refractivity contribution is -0.132. The molecule has 0 bridgehead atoms. The lowest BCUT2D eigenvalue weighted by Gasteiger charge is -2.29. The molecular formula is C17H16Cl2N2O. The molecule has 0 unspecified atom stereocenters. The Hall–Kier alpha value is -1.58. The van der Waals surface area contributed by atoms with Crippen molar-refractivity contribution in [2.24, 2.45) is 5.92 Å². The molecule has 1 aromatic carbocycles. The summed E-state index contributed by atoms with van der Waals surface area (Å²) in [7, 11) is 1.82. The Balaban J connectivity index is 2.04. The molecule has 0 radical (unpaired) electrons. The predicted molar refractivity (Wildman–Crippen MR) is 88.0 cm³/mol. The van der Waals surface area contributed by atoms with Gasteiger partial charge >= 0.3 is 0 Å². The van der Waals surface area contributed by atoms with Crippen LogP contribution in [0.2, 0.25) is 10.0 Å². The Morgan fingerprint density at radius 3 is 2.68 bits per heavy atom. The molecule has 1 amide bonds. The molecular weight excluding hydrogens is 319 g/mol. The van der Waals surface area contributed by atoms with Crippen molar-refractivity contribution >= 4 is 29.1 Å². The maximum absolute atomic E-state index is 12.5. The van der Waals surface area contributed by atoms with Gasteiger partial charge in [-0.1, -0.05) is 35.3 Å². The van der Waals surface area contributed by atoms with Crippen LogP contribution in [0.5, 0.6) is 0 Å². The molecule has 1 heterocycles. The highest BCUT2D eigenvalue weighted by molar-refractivity contribution is 6.35. The maximum Gasteiger partial charge on any atom is 0.226 e. The number of aromatic nitrogens is 1. The minimum Gasteiger partial charge on any atom is -0.334 e. The number of nitrogens with zero attached hydrogens (tertiary/aromatic N) is 2. The molecule has 0 aliphatic heterocycles. The molecule has 114 valence electrons. The zero-order valence-corrected chi connectivity index (χ0v) is 13.7. The minimum atomic E-state index is -0.258. The van der Waals surface area contributed by atoms with Gasteiger partial charge in [0, 0.05) is 35.4 Å². The Bertz CT molecular complexity index is 686. The maximum atomic E-state index is 12.5. The normalized spacial score (nSPS) is 15.4. The predicted octanol–water partition coefficient (Wildman–Crippen LogP) is 4.35. The van der Waals surface area contributed by atoms with Gasteiger partial charge in [0.1, 0.15) is 0 Å². The fourth-order valence-electron chi connectivity index (χ4n) is 2.62. The van der Waals surface area contributed by atoms with Crippen LogP contribution in [-0.2, 0) is 4.79 Å². The van der Waals surface area contributed by atoms with E-state index in [9.17, 15) is 4.79 Å². The molecule has 0 N–H and O–H groups in total. The molecule has 1 aliphatic carbocycles. The number of rotatable bonds is 4. The monoisotopic (exact) mass is 334 g/mol. The van der Waals surface area contributed by atoms with Gasteiger partial charge in [-0.3, -0.25) is 9.78 Å². The van der Waals surface area contributed by atoms with Crippen molar-refractivity contribution in [1.82, 2.24) is 9.88 Å². The molecule has 1 saturated carbocycles. The summed E-state index contributed by atoms with van der Waals surface area (Å²) in [6, 6.07) is 8.94. The van der Waals surface area contributed by atoms with Gasteiger partial charge in [0.25, 0.3) is 0 Å². The third-order valence-electron chi connectivity index (χ3n) is 3.92. The molecule has 1 atom stereocenters.